The van der Waals surface area contributed by atoms with Crippen molar-refractivity contribution in [1.29, 1.82) is 0 Å². The molecule has 0 amide bonds. The molecule has 1 saturated carbocycles. The van der Waals surface area contributed by atoms with E-state index in [0.717, 1.165) is 6.42 Å². The lowest BCUT2D eigenvalue weighted by Gasteiger charge is -2.42. The van der Waals surface area contributed by atoms with Crippen LogP contribution in [0.15, 0.2) is 0 Å². The molecule has 0 aliphatic heterocycles. The average molecular weight is 295 g/mol. The maximum Gasteiger partial charge on any atom is 0.0963 e. The lowest BCUT2D eigenvalue weighted by molar-refractivity contribution is -0.153. The van der Waals surface area contributed by atoms with Crippen molar-refractivity contribution in [2.45, 2.75) is 50.3 Å². The third-order valence-corrected chi connectivity index (χ3v) is 4.00. The number of rotatable bonds is 7. The largest absolute Gasteiger partial charge is 0.382 e. The molecular formula is C12H23BrO3. The Labute approximate surface area is 107 Å². The lowest BCUT2D eigenvalue weighted by Crippen LogP contribution is -2.52. The summed E-state index contributed by atoms with van der Waals surface area (Å²) in [6.45, 7) is 7.76. The monoisotopic (exact) mass is 294 g/mol. The molecule has 4 heteroatoms. The van der Waals surface area contributed by atoms with E-state index < -0.39 is 0 Å². The van der Waals surface area contributed by atoms with Crippen molar-refractivity contribution in [3.05, 3.63) is 0 Å². The number of hydrogen-bond acceptors (Lipinski definition) is 3. The molecule has 0 bridgehead atoms. The van der Waals surface area contributed by atoms with Crippen molar-refractivity contribution in [2.24, 2.45) is 5.92 Å². The summed E-state index contributed by atoms with van der Waals surface area (Å²) < 4.78 is 16.7. The molecule has 0 spiro atoms. The fourth-order valence-electron chi connectivity index (χ4n) is 1.57. The Balaban J connectivity index is 2.26. The molecule has 0 radical (unpaired) electrons. The Morgan fingerprint density at radius 1 is 1.25 bits per heavy atom. The summed E-state index contributed by atoms with van der Waals surface area (Å²) >= 11 is 3.60. The Morgan fingerprint density at radius 2 is 1.94 bits per heavy atom. The summed E-state index contributed by atoms with van der Waals surface area (Å²) in [6, 6.07) is 0. The number of alkyl halides is 1. The van der Waals surface area contributed by atoms with Gasteiger partial charge in [-0.15, -0.1) is 0 Å². The van der Waals surface area contributed by atoms with E-state index in [1.54, 1.807) is 7.11 Å². The molecule has 0 aromatic heterocycles. The molecule has 0 aromatic rings. The maximum atomic E-state index is 5.97. The first-order valence-corrected chi connectivity index (χ1v) is 6.88. The fourth-order valence-corrected chi connectivity index (χ4v) is 2.43. The van der Waals surface area contributed by atoms with Crippen molar-refractivity contribution in [1.82, 2.24) is 0 Å². The van der Waals surface area contributed by atoms with Crippen molar-refractivity contribution in [3.63, 3.8) is 0 Å². The first-order chi connectivity index (χ1) is 7.56. The van der Waals surface area contributed by atoms with Gasteiger partial charge in [-0.3, -0.25) is 0 Å². The average Bonchev–Trinajstić information content (AvgIpc) is 2.23. The van der Waals surface area contributed by atoms with E-state index in [0.29, 0.717) is 30.1 Å². The third kappa shape index (κ3) is 3.99. The predicted molar refractivity (Wildman–Crippen MR) is 68.1 cm³/mol. The van der Waals surface area contributed by atoms with E-state index in [9.17, 15) is 0 Å². The Hall–Kier alpha value is 0.360. The van der Waals surface area contributed by atoms with Crippen LogP contribution in [0.5, 0.6) is 0 Å². The fraction of sp³-hybridized carbons (Fsp3) is 1.00. The summed E-state index contributed by atoms with van der Waals surface area (Å²) in [5.41, 5.74) is 0. The van der Waals surface area contributed by atoms with Crippen LogP contribution in [0.3, 0.4) is 0 Å². The van der Waals surface area contributed by atoms with Crippen LogP contribution in [0.1, 0.15) is 27.2 Å². The second-order valence-corrected chi connectivity index (χ2v) is 5.88. The van der Waals surface area contributed by atoms with E-state index in [-0.39, 0.29) is 12.2 Å². The van der Waals surface area contributed by atoms with Crippen LogP contribution in [-0.4, -0.2) is 43.5 Å². The summed E-state index contributed by atoms with van der Waals surface area (Å²) in [7, 11) is 1.69. The van der Waals surface area contributed by atoms with Crippen LogP contribution in [-0.2, 0) is 14.2 Å². The first-order valence-electron chi connectivity index (χ1n) is 5.96. The van der Waals surface area contributed by atoms with Gasteiger partial charge in [-0.05, 0) is 19.3 Å². The molecule has 1 aliphatic rings. The smallest absolute Gasteiger partial charge is 0.0963 e. The standard InChI is InChI=1S/C12H23BrO3/c1-8(2)9(3)16-11-7-10(13)12(11)15-6-5-14-4/h8-12H,5-7H2,1-4H3. The van der Waals surface area contributed by atoms with Gasteiger partial charge in [-0.25, -0.2) is 0 Å². The molecule has 1 fully saturated rings. The topological polar surface area (TPSA) is 27.7 Å². The highest BCUT2D eigenvalue weighted by atomic mass is 79.9. The van der Waals surface area contributed by atoms with Crippen LogP contribution in [0.2, 0.25) is 0 Å². The van der Waals surface area contributed by atoms with Crippen LogP contribution in [0.4, 0.5) is 0 Å². The Bertz CT molecular complexity index is 199. The van der Waals surface area contributed by atoms with Crippen LogP contribution < -0.4 is 0 Å². The zero-order valence-corrected chi connectivity index (χ0v) is 12.2. The minimum Gasteiger partial charge on any atom is -0.382 e. The van der Waals surface area contributed by atoms with Crippen LogP contribution in [0.25, 0.3) is 0 Å². The van der Waals surface area contributed by atoms with Gasteiger partial charge in [0.1, 0.15) is 0 Å². The van der Waals surface area contributed by atoms with Crippen LogP contribution in [0, 0.1) is 5.92 Å². The predicted octanol–water partition coefficient (Wildman–Crippen LogP) is 2.61. The quantitative estimate of drug-likeness (QED) is 0.534. The summed E-state index contributed by atoms with van der Waals surface area (Å²) in [4.78, 5) is 0.425. The van der Waals surface area contributed by atoms with Gasteiger partial charge in [0.05, 0.1) is 31.5 Å². The normalized spacial score (nSPS) is 31.5. The van der Waals surface area contributed by atoms with Gasteiger partial charge in [0.2, 0.25) is 0 Å². The summed E-state index contributed by atoms with van der Waals surface area (Å²) in [5, 5.41) is 0. The molecule has 1 rings (SSSR count). The van der Waals surface area contributed by atoms with E-state index in [1.807, 2.05) is 0 Å². The molecule has 0 heterocycles. The number of methoxy groups -OCH3 is 1. The molecular weight excluding hydrogens is 272 g/mol. The van der Waals surface area contributed by atoms with E-state index in [2.05, 4.69) is 36.7 Å². The van der Waals surface area contributed by atoms with Gasteiger partial charge < -0.3 is 14.2 Å². The SMILES string of the molecule is COCCOC1C(Br)CC1OC(C)C(C)C. The Morgan fingerprint density at radius 3 is 2.44 bits per heavy atom. The highest BCUT2D eigenvalue weighted by Gasteiger charge is 2.42. The second-order valence-electron chi connectivity index (χ2n) is 4.70. The van der Waals surface area contributed by atoms with Crippen LogP contribution >= 0.6 is 15.9 Å². The highest BCUT2D eigenvalue weighted by Crippen LogP contribution is 2.34. The van der Waals surface area contributed by atoms with E-state index in [1.165, 1.54) is 0 Å². The van der Waals surface area contributed by atoms with Crippen molar-refractivity contribution < 1.29 is 14.2 Å². The highest BCUT2D eigenvalue weighted by molar-refractivity contribution is 9.09. The van der Waals surface area contributed by atoms with Gasteiger partial charge in [0, 0.05) is 11.9 Å². The van der Waals surface area contributed by atoms with Crippen molar-refractivity contribution in [3.8, 4) is 0 Å². The first kappa shape index (κ1) is 14.4. The van der Waals surface area contributed by atoms with Gasteiger partial charge in [-0.2, -0.15) is 0 Å². The lowest BCUT2D eigenvalue weighted by atomic mass is 9.91. The summed E-state index contributed by atoms with van der Waals surface area (Å²) in [6.07, 6.45) is 1.74. The minimum absolute atomic E-state index is 0.177. The molecule has 0 aromatic carbocycles. The van der Waals surface area contributed by atoms with E-state index in [4.69, 9.17) is 14.2 Å². The molecule has 3 nitrogen and oxygen atoms in total. The maximum absolute atomic E-state index is 5.97. The molecule has 96 valence electrons. The second kappa shape index (κ2) is 6.94. The third-order valence-electron chi connectivity index (χ3n) is 3.11. The summed E-state index contributed by atoms with van der Waals surface area (Å²) in [5.74, 6) is 0.550. The Kier molecular flexibility index (Phi) is 6.26. The number of halogens is 1. The minimum atomic E-state index is 0.177. The van der Waals surface area contributed by atoms with Crippen molar-refractivity contribution >= 4 is 15.9 Å². The molecule has 1 aliphatic carbocycles. The number of ether oxygens (including phenoxy) is 3. The molecule has 4 atom stereocenters. The molecule has 4 unspecified atom stereocenters. The van der Waals surface area contributed by atoms with Crippen molar-refractivity contribution in [2.75, 3.05) is 20.3 Å². The molecule has 0 saturated heterocycles. The number of hydrogen-bond donors (Lipinski definition) is 0. The molecule has 16 heavy (non-hydrogen) atoms. The van der Waals surface area contributed by atoms with Gasteiger partial charge >= 0.3 is 0 Å². The zero-order chi connectivity index (χ0) is 12.1. The van der Waals surface area contributed by atoms with Gasteiger partial charge in [-0.1, -0.05) is 29.8 Å². The zero-order valence-electron chi connectivity index (χ0n) is 10.6. The van der Waals surface area contributed by atoms with E-state index >= 15 is 0 Å². The van der Waals surface area contributed by atoms with Gasteiger partial charge in [0.25, 0.3) is 0 Å². The van der Waals surface area contributed by atoms with Gasteiger partial charge in [0.15, 0.2) is 0 Å². The molecule has 0 N–H and O–H groups in total.